The molecule has 0 aliphatic heterocycles. The van der Waals surface area contributed by atoms with E-state index >= 15 is 0 Å². The molecule has 0 fully saturated rings. The largest absolute Gasteiger partial charge is 0.351 e. The number of benzene rings is 1. The van der Waals surface area contributed by atoms with Crippen LogP contribution in [0.15, 0.2) is 24.3 Å². The van der Waals surface area contributed by atoms with Gasteiger partial charge in [0.25, 0.3) is 11.6 Å². The van der Waals surface area contributed by atoms with Crippen LogP contribution in [0.1, 0.15) is 37.6 Å². The van der Waals surface area contributed by atoms with Crippen LogP contribution in [0, 0.1) is 15.5 Å². The van der Waals surface area contributed by atoms with Gasteiger partial charge < -0.3 is 5.32 Å². The van der Waals surface area contributed by atoms with Crippen molar-refractivity contribution in [3.63, 3.8) is 0 Å². The Labute approximate surface area is 127 Å². The van der Waals surface area contributed by atoms with Crippen LogP contribution in [0.2, 0.25) is 0 Å². The van der Waals surface area contributed by atoms with Crippen molar-refractivity contribution >= 4 is 27.5 Å². The quantitative estimate of drug-likeness (QED) is 0.505. The third-order valence-corrected chi connectivity index (χ3v) is 3.28. The molecular formula is C14H19BrN2O3. The highest BCUT2D eigenvalue weighted by molar-refractivity contribution is 9.09. The number of carbonyl (C=O) groups is 1. The maximum absolute atomic E-state index is 11.9. The standard InChI is InChI=1S/C14H19BrN2O3/c1-14(2,3)8-11(15)9-16-13(18)10-5-4-6-12(7-10)17(19)20/h4-7,11H,8-9H2,1-3H3,(H,16,18). The van der Waals surface area contributed by atoms with Gasteiger partial charge in [-0.2, -0.15) is 0 Å². The molecule has 6 heteroatoms. The Morgan fingerprint density at radius 1 is 1.45 bits per heavy atom. The summed E-state index contributed by atoms with van der Waals surface area (Å²) in [6, 6.07) is 5.72. The van der Waals surface area contributed by atoms with E-state index in [1.807, 2.05) is 0 Å². The average Bonchev–Trinajstić information content (AvgIpc) is 2.34. The zero-order chi connectivity index (χ0) is 15.3. The molecule has 5 nitrogen and oxygen atoms in total. The molecule has 1 unspecified atom stereocenters. The molecule has 1 aromatic carbocycles. The predicted octanol–water partition coefficient (Wildman–Crippen LogP) is 3.52. The number of non-ortho nitro benzene ring substituents is 1. The van der Waals surface area contributed by atoms with Crippen molar-refractivity contribution in [3.8, 4) is 0 Å². The van der Waals surface area contributed by atoms with Crippen molar-refractivity contribution in [2.75, 3.05) is 6.54 Å². The first-order valence-corrected chi connectivity index (χ1v) is 7.27. The second-order valence-electron chi connectivity index (χ2n) is 5.88. The van der Waals surface area contributed by atoms with E-state index in [1.165, 1.54) is 18.2 Å². The third kappa shape index (κ3) is 5.69. The Bertz CT molecular complexity index is 497. The smallest absolute Gasteiger partial charge is 0.270 e. The SMILES string of the molecule is CC(C)(C)CC(Br)CNC(=O)c1cccc([N+](=O)[O-])c1. The first kappa shape index (κ1) is 16.6. The average molecular weight is 343 g/mol. The van der Waals surface area contributed by atoms with Crippen LogP contribution in [0.25, 0.3) is 0 Å². The lowest BCUT2D eigenvalue weighted by atomic mass is 9.90. The number of carbonyl (C=O) groups excluding carboxylic acids is 1. The van der Waals surface area contributed by atoms with E-state index in [0.717, 1.165) is 6.42 Å². The summed E-state index contributed by atoms with van der Waals surface area (Å²) in [4.78, 5) is 22.3. The number of rotatable bonds is 5. The highest BCUT2D eigenvalue weighted by atomic mass is 79.9. The van der Waals surface area contributed by atoms with Crippen molar-refractivity contribution < 1.29 is 9.72 Å². The number of hydrogen-bond donors (Lipinski definition) is 1. The predicted molar refractivity (Wildman–Crippen MR) is 82.2 cm³/mol. The number of halogens is 1. The Kier molecular flexibility index (Phi) is 5.68. The maximum atomic E-state index is 11.9. The molecule has 1 N–H and O–H groups in total. The molecule has 0 aliphatic carbocycles. The molecule has 110 valence electrons. The van der Waals surface area contributed by atoms with Crippen LogP contribution in [-0.4, -0.2) is 22.2 Å². The monoisotopic (exact) mass is 342 g/mol. The van der Waals surface area contributed by atoms with Crippen molar-refractivity contribution in [2.24, 2.45) is 5.41 Å². The van der Waals surface area contributed by atoms with Gasteiger partial charge in [-0.25, -0.2) is 0 Å². The van der Waals surface area contributed by atoms with Gasteiger partial charge >= 0.3 is 0 Å². The Morgan fingerprint density at radius 3 is 2.65 bits per heavy atom. The molecule has 1 amide bonds. The summed E-state index contributed by atoms with van der Waals surface area (Å²) < 4.78 is 0. The normalized spacial score (nSPS) is 12.8. The first-order chi connectivity index (χ1) is 9.19. The van der Waals surface area contributed by atoms with Crippen LogP contribution < -0.4 is 5.32 Å². The van der Waals surface area contributed by atoms with E-state index in [9.17, 15) is 14.9 Å². The number of alkyl halides is 1. The fraction of sp³-hybridized carbons (Fsp3) is 0.500. The molecule has 1 rings (SSSR count). The lowest BCUT2D eigenvalue weighted by Gasteiger charge is -2.22. The number of amides is 1. The lowest BCUT2D eigenvalue weighted by molar-refractivity contribution is -0.384. The second kappa shape index (κ2) is 6.83. The van der Waals surface area contributed by atoms with Crippen LogP contribution in [0.4, 0.5) is 5.69 Å². The summed E-state index contributed by atoms with van der Waals surface area (Å²) in [6.45, 7) is 6.87. The van der Waals surface area contributed by atoms with Gasteiger partial charge in [0.1, 0.15) is 0 Å². The molecule has 0 radical (unpaired) electrons. The van der Waals surface area contributed by atoms with E-state index in [1.54, 1.807) is 6.07 Å². The molecule has 20 heavy (non-hydrogen) atoms. The molecule has 0 heterocycles. The highest BCUT2D eigenvalue weighted by Crippen LogP contribution is 2.24. The Balaban J connectivity index is 2.59. The van der Waals surface area contributed by atoms with Gasteiger partial charge in [0.2, 0.25) is 0 Å². The summed E-state index contributed by atoms with van der Waals surface area (Å²) in [5.74, 6) is -0.299. The molecule has 0 aromatic heterocycles. The van der Waals surface area contributed by atoms with Crippen molar-refractivity contribution in [1.29, 1.82) is 0 Å². The molecule has 0 bridgehead atoms. The van der Waals surface area contributed by atoms with E-state index in [0.29, 0.717) is 12.1 Å². The van der Waals surface area contributed by atoms with Crippen LogP contribution >= 0.6 is 15.9 Å². The summed E-state index contributed by atoms with van der Waals surface area (Å²) in [7, 11) is 0. The van der Waals surface area contributed by atoms with E-state index in [-0.39, 0.29) is 21.8 Å². The van der Waals surface area contributed by atoms with Gasteiger partial charge in [-0.1, -0.05) is 42.8 Å². The van der Waals surface area contributed by atoms with Crippen molar-refractivity contribution in [1.82, 2.24) is 5.32 Å². The van der Waals surface area contributed by atoms with Gasteiger partial charge in [0, 0.05) is 29.1 Å². The zero-order valence-electron chi connectivity index (χ0n) is 11.9. The minimum Gasteiger partial charge on any atom is -0.351 e. The number of nitro groups is 1. The summed E-state index contributed by atoms with van der Waals surface area (Å²) >= 11 is 3.53. The van der Waals surface area contributed by atoms with Crippen LogP contribution in [0.5, 0.6) is 0 Å². The fourth-order valence-electron chi connectivity index (χ4n) is 1.80. The first-order valence-electron chi connectivity index (χ1n) is 6.36. The van der Waals surface area contributed by atoms with Crippen molar-refractivity contribution in [2.45, 2.75) is 32.0 Å². The maximum Gasteiger partial charge on any atom is 0.270 e. The summed E-state index contributed by atoms with van der Waals surface area (Å²) in [5.41, 5.74) is 0.391. The summed E-state index contributed by atoms with van der Waals surface area (Å²) in [5, 5.41) is 13.4. The topological polar surface area (TPSA) is 72.2 Å². The van der Waals surface area contributed by atoms with Gasteiger partial charge in [-0.3, -0.25) is 14.9 Å². The molecule has 0 aliphatic rings. The van der Waals surface area contributed by atoms with E-state index < -0.39 is 4.92 Å². The third-order valence-electron chi connectivity index (χ3n) is 2.64. The Hall–Kier alpha value is -1.43. The van der Waals surface area contributed by atoms with Crippen molar-refractivity contribution in [3.05, 3.63) is 39.9 Å². The number of hydrogen-bond acceptors (Lipinski definition) is 3. The molecule has 0 spiro atoms. The minimum atomic E-state index is -0.510. The lowest BCUT2D eigenvalue weighted by Crippen LogP contribution is -2.31. The van der Waals surface area contributed by atoms with E-state index in [2.05, 4.69) is 42.0 Å². The fourth-order valence-corrected chi connectivity index (χ4v) is 2.94. The van der Waals surface area contributed by atoms with Gasteiger partial charge in [-0.15, -0.1) is 0 Å². The molecule has 0 saturated carbocycles. The van der Waals surface area contributed by atoms with E-state index in [4.69, 9.17) is 0 Å². The van der Waals surface area contributed by atoms with Gasteiger partial charge in [0.05, 0.1) is 4.92 Å². The highest BCUT2D eigenvalue weighted by Gasteiger charge is 2.18. The minimum absolute atomic E-state index is 0.0808. The molecule has 0 saturated heterocycles. The second-order valence-corrected chi connectivity index (χ2v) is 7.17. The molecule has 1 atom stereocenters. The van der Waals surface area contributed by atoms with Gasteiger partial charge in [0.15, 0.2) is 0 Å². The Morgan fingerprint density at radius 2 is 2.10 bits per heavy atom. The number of nitrogens with zero attached hydrogens (tertiary/aromatic N) is 1. The summed E-state index contributed by atoms with van der Waals surface area (Å²) in [6.07, 6.45) is 0.919. The van der Waals surface area contributed by atoms with Gasteiger partial charge in [-0.05, 0) is 17.9 Å². The number of nitro benzene ring substituents is 1. The molecular weight excluding hydrogens is 324 g/mol. The zero-order valence-corrected chi connectivity index (χ0v) is 13.4. The van der Waals surface area contributed by atoms with Crippen LogP contribution in [-0.2, 0) is 0 Å². The van der Waals surface area contributed by atoms with Crippen LogP contribution in [0.3, 0.4) is 0 Å². The molecule has 1 aromatic rings. The number of nitrogens with one attached hydrogen (secondary N) is 1.